The molecule has 6 heteroatoms. The van der Waals surface area contributed by atoms with Crippen LogP contribution in [0, 0.1) is 0 Å². The van der Waals surface area contributed by atoms with Crippen LogP contribution in [0.2, 0.25) is 0 Å². The Hall–Kier alpha value is -0.850. The smallest absolute Gasteiger partial charge is 0.274 e. The molecule has 0 aliphatic heterocycles. The first-order valence-corrected chi connectivity index (χ1v) is 4.47. The van der Waals surface area contributed by atoms with Gasteiger partial charge in [0.2, 0.25) is 0 Å². The summed E-state index contributed by atoms with van der Waals surface area (Å²) in [5, 5.41) is 2.77. The lowest BCUT2D eigenvalue weighted by Gasteiger charge is -2.29. The Morgan fingerprint density at radius 3 is 2.08 bits per heavy atom. The Bertz CT molecular complexity index is 146. The number of rotatable bonds is 5. The zero-order valence-corrected chi connectivity index (χ0v) is 8.29. The number of hydrogen-bond acceptors (Lipinski definition) is 4. The number of nitrogens with one attached hydrogen (secondary N) is 1. The molecule has 0 aromatic rings. The van der Waals surface area contributed by atoms with Crippen molar-refractivity contribution in [1.82, 2.24) is 15.6 Å². The number of amides is 2. The van der Waals surface area contributed by atoms with E-state index in [9.17, 15) is 4.79 Å². The van der Waals surface area contributed by atoms with E-state index in [0.29, 0.717) is 0 Å². The van der Waals surface area contributed by atoms with Gasteiger partial charge in [0.05, 0.1) is 0 Å². The van der Waals surface area contributed by atoms with Gasteiger partial charge in [-0.05, 0) is 12.8 Å². The van der Waals surface area contributed by atoms with Gasteiger partial charge >= 0.3 is 6.03 Å². The monoisotopic (exact) mass is 189 g/mol. The van der Waals surface area contributed by atoms with Gasteiger partial charge in [-0.25, -0.2) is 21.5 Å². The van der Waals surface area contributed by atoms with Crippen LogP contribution in [0.15, 0.2) is 0 Å². The van der Waals surface area contributed by atoms with E-state index in [1.807, 2.05) is 19.3 Å². The molecule has 6 nitrogen and oxygen atoms in total. The van der Waals surface area contributed by atoms with Crippen molar-refractivity contribution in [2.75, 3.05) is 13.1 Å². The number of hydrogen-bond donors (Lipinski definition) is 3. The van der Waals surface area contributed by atoms with Gasteiger partial charge in [0.25, 0.3) is 0 Å². The fourth-order valence-corrected chi connectivity index (χ4v) is 1.04. The first kappa shape index (κ1) is 12.2. The lowest BCUT2D eigenvalue weighted by Crippen LogP contribution is -2.56. The Morgan fingerprint density at radius 1 is 1.31 bits per heavy atom. The summed E-state index contributed by atoms with van der Waals surface area (Å²) < 4.78 is 0. The molecule has 0 radical (unpaired) electrons. The number of hydrazine groups is 3. The van der Waals surface area contributed by atoms with Gasteiger partial charge in [0, 0.05) is 13.1 Å². The summed E-state index contributed by atoms with van der Waals surface area (Å²) in [4.78, 5) is 11.0. The highest BCUT2D eigenvalue weighted by Gasteiger charge is 2.14. The van der Waals surface area contributed by atoms with Crippen LogP contribution in [-0.2, 0) is 0 Å². The molecule has 0 saturated heterocycles. The van der Waals surface area contributed by atoms with E-state index in [2.05, 4.69) is 0 Å². The van der Waals surface area contributed by atoms with Gasteiger partial charge < -0.3 is 0 Å². The maximum atomic E-state index is 11.0. The SMILES string of the molecule is CCCN(CCC)N(N)C(=O)NN. The number of urea groups is 1. The Morgan fingerprint density at radius 2 is 1.77 bits per heavy atom. The van der Waals surface area contributed by atoms with Crippen LogP contribution < -0.4 is 17.1 Å². The van der Waals surface area contributed by atoms with Crippen molar-refractivity contribution in [2.45, 2.75) is 26.7 Å². The quantitative estimate of drug-likeness (QED) is 0.317. The summed E-state index contributed by atoms with van der Waals surface area (Å²) in [5.74, 6) is 10.5. The third-order valence-corrected chi connectivity index (χ3v) is 1.60. The van der Waals surface area contributed by atoms with Crippen LogP contribution in [0.4, 0.5) is 4.79 Å². The van der Waals surface area contributed by atoms with Crippen molar-refractivity contribution in [3.05, 3.63) is 0 Å². The third kappa shape index (κ3) is 4.07. The molecule has 0 aromatic carbocycles. The molecule has 13 heavy (non-hydrogen) atoms. The summed E-state index contributed by atoms with van der Waals surface area (Å²) >= 11 is 0. The fourth-order valence-electron chi connectivity index (χ4n) is 1.04. The maximum absolute atomic E-state index is 11.0. The van der Waals surface area contributed by atoms with Crippen molar-refractivity contribution in [1.29, 1.82) is 0 Å². The molecule has 0 bridgehead atoms. The van der Waals surface area contributed by atoms with E-state index in [1.54, 1.807) is 5.01 Å². The third-order valence-electron chi connectivity index (χ3n) is 1.60. The molecule has 78 valence electrons. The lowest BCUT2D eigenvalue weighted by atomic mass is 10.4. The zero-order valence-electron chi connectivity index (χ0n) is 8.29. The lowest BCUT2D eigenvalue weighted by molar-refractivity contribution is 0.0125. The van der Waals surface area contributed by atoms with Gasteiger partial charge in [-0.3, -0.25) is 5.43 Å². The average molecular weight is 189 g/mol. The van der Waals surface area contributed by atoms with Gasteiger partial charge in [-0.15, -0.1) is 0 Å². The molecule has 0 aromatic heterocycles. The largest absolute Gasteiger partial charge is 0.360 e. The van der Waals surface area contributed by atoms with Gasteiger partial charge in [0.15, 0.2) is 0 Å². The minimum atomic E-state index is -0.498. The van der Waals surface area contributed by atoms with Crippen LogP contribution >= 0.6 is 0 Å². The van der Waals surface area contributed by atoms with Crippen LogP contribution in [0.5, 0.6) is 0 Å². The highest BCUT2D eigenvalue weighted by Crippen LogP contribution is 1.96. The second-order valence-electron chi connectivity index (χ2n) is 2.75. The molecule has 0 aliphatic carbocycles. The predicted molar refractivity (Wildman–Crippen MR) is 50.9 cm³/mol. The minimum Gasteiger partial charge on any atom is -0.274 e. The normalized spacial score (nSPS) is 10.2. The van der Waals surface area contributed by atoms with Crippen LogP contribution in [0.3, 0.4) is 0 Å². The standard InChI is InChI=1S/C7H19N5O/c1-3-5-11(6-4-2)12(9)7(13)10-8/h3-6,8-9H2,1-2H3,(H,10,13). The molecule has 0 fully saturated rings. The first-order chi connectivity index (χ1) is 6.17. The number of carbonyl (C=O) groups excluding carboxylic acids is 1. The Labute approximate surface area is 78.8 Å². The number of nitrogens with zero attached hydrogens (tertiary/aromatic N) is 2. The maximum Gasteiger partial charge on any atom is 0.360 e. The Balaban J connectivity index is 4.08. The average Bonchev–Trinajstić information content (AvgIpc) is 2.15. The fraction of sp³-hybridized carbons (Fsp3) is 0.857. The highest BCUT2D eigenvalue weighted by atomic mass is 16.2. The van der Waals surface area contributed by atoms with E-state index in [4.69, 9.17) is 11.7 Å². The van der Waals surface area contributed by atoms with Crippen molar-refractivity contribution in [2.24, 2.45) is 11.7 Å². The molecule has 5 N–H and O–H groups in total. The van der Waals surface area contributed by atoms with E-state index >= 15 is 0 Å². The number of carbonyl (C=O) groups is 1. The topological polar surface area (TPSA) is 87.6 Å². The predicted octanol–water partition coefficient (Wildman–Crippen LogP) is -0.218. The van der Waals surface area contributed by atoms with E-state index in [0.717, 1.165) is 31.0 Å². The summed E-state index contributed by atoms with van der Waals surface area (Å²) in [6.45, 7) is 5.54. The molecular formula is C7H19N5O. The highest BCUT2D eigenvalue weighted by molar-refractivity contribution is 5.72. The molecule has 0 atom stereocenters. The molecule has 0 heterocycles. The Kier molecular flexibility index (Phi) is 6.21. The van der Waals surface area contributed by atoms with Crippen molar-refractivity contribution < 1.29 is 4.79 Å². The van der Waals surface area contributed by atoms with E-state index in [1.165, 1.54) is 0 Å². The molecule has 2 amide bonds. The number of nitrogens with two attached hydrogens (primary N) is 2. The first-order valence-electron chi connectivity index (χ1n) is 4.47. The summed E-state index contributed by atoms with van der Waals surface area (Å²) in [5.41, 5.74) is 1.98. The van der Waals surface area contributed by atoms with Crippen molar-refractivity contribution >= 4 is 6.03 Å². The van der Waals surface area contributed by atoms with Gasteiger partial charge in [-0.1, -0.05) is 13.8 Å². The molecule has 0 aliphatic rings. The molecule has 0 unspecified atom stereocenters. The van der Waals surface area contributed by atoms with E-state index in [-0.39, 0.29) is 0 Å². The second-order valence-corrected chi connectivity index (χ2v) is 2.75. The van der Waals surface area contributed by atoms with Gasteiger partial charge in [-0.2, -0.15) is 5.12 Å². The molecular weight excluding hydrogens is 170 g/mol. The van der Waals surface area contributed by atoms with Crippen LogP contribution in [0.1, 0.15) is 26.7 Å². The van der Waals surface area contributed by atoms with Crippen LogP contribution in [-0.4, -0.2) is 29.2 Å². The summed E-state index contributed by atoms with van der Waals surface area (Å²) in [7, 11) is 0. The minimum absolute atomic E-state index is 0.498. The van der Waals surface area contributed by atoms with Crippen LogP contribution in [0.25, 0.3) is 0 Å². The van der Waals surface area contributed by atoms with Crippen molar-refractivity contribution in [3.63, 3.8) is 0 Å². The van der Waals surface area contributed by atoms with Gasteiger partial charge in [0.1, 0.15) is 0 Å². The molecule has 0 spiro atoms. The molecule has 0 saturated carbocycles. The van der Waals surface area contributed by atoms with E-state index < -0.39 is 6.03 Å². The second kappa shape index (κ2) is 6.64. The van der Waals surface area contributed by atoms with Crippen molar-refractivity contribution in [3.8, 4) is 0 Å². The summed E-state index contributed by atoms with van der Waals surface area (Å²) in [6.07, 6.45) is 1.87. The molecule has 0 rings (SSSR count). The summed E-state index contributed by atoms with van der Waals surface area (Å²) in [6, 6.07) is -0.498. The zero-order chi connectivity index (χ0) is 10.3.